The Balaban J connectivity index is 2.00. The van der Waals surface area contributed by atoms with Crippen molar-refractivity contribution in [1.82, 2.24) is 0 Å². The van der Waals surface area contributed by atoms with E-state index in [9.17, 15) is 13.2 Å². The number of aryl methyl sites for hydroxylation is 1. The third-order valence-corrected chi connectivity index (χ3v) is 6.93. The molecular formula is C22H19Cl3N2O4S. The van der Waals surface area contributed by atoms with Crippen LogP contribution in [-0.4, -0.2) is 28.0 Å². The van der Waals surface area contributed by atoms with Crippen LogP contribution in [-0.2, 0) is 14.8 Å². The molecule has 0 atom stereocenters. The molecule has 168 valence electrons. The maximum atomic E-state index is 13.4. The Labute approximate surface area is 201 Å². The van der Waals surface area contributed by atoms with Gasteiger partial charge in [-0.25, -0.2) is 8.42 Å². The summed E-state index contributed by atoms with van der Waals surface area (Å²) in [5.74, 6) is -0.237. The van der Waals surface area contributed by atoms with Crippen LogP contribution in [0.15, 0.2) is 65.6 Å². The van der Waals surface area contributed by atoms with Gasteiger partial charge in [0.25, 0.3) is 10.0 Å². The van der Waals surface area contributed by atoms with Crippen molar-refractivity contribution in [3.05, 3.63) is 81.3 Å². The highest BCUT2D eigenvalue weighted by Crippen LogP contribution is 2.31. The predicted molar refractivity (Wildman–Crippen MR) is 129 cm³/mol. The van der Waals surface area contributed by atoms with Crippen molar-refractivity contribution in [2.45, 2.75) is 11.8 Å². The number of rotatable bonds is 7. The molecule has 1 amide bonds. The molecule has 3 aromatic rings. The van der Waals surface area contributed by atoms with Gasteiger partial charge in [0, 0.05) is 15.1 Å². The van der Waals surface area contributed by atoms with Crippen LogP contribution in [0.5, 0.6) is 5.75 Å². The van der Waals surface area contributed by atoms with Crippen molar-refractivity contribution < 1.29 is 17.9 Å². The van der Waals surface area contributed by atoms with Crippen molar-refractivity contribution in [3.8, 4) is 5.75 Å². The molecule has 10 heteroatoms. The summed E-state index contributed by atoms with van der Waals surface area (Å²) in [7, 11) is -2.67. The van der Waals surface area contributed by atoms with Crippen LogP contribution in [0, 0.1) is 6.92 Å². The number of benzene rings is 3. The molecule has 0 unspecified atom stereocenters. The molecule has 0 fully saturated rings. The molecule has 0 radical (unpaired) electrons. The van der Waals surface area contributed by atoms with Crippen LogP contribution < -0.4 is 14.4 Å². The molecule has 3 rings (SSSR count). The lowest BCUT2D eigenvalue weighted by Gasteiger charge is -2.25. The Morgan fingerprint density at radius 1 is 0.938 bits per heavy atom. The summed E-state index contributed by atoms with van der Waals surface area (Å²) in [6.45, 7) is 1.30. The van der Waals surface area contributed by atoms with Crippen molar-refractivity contribution in [2.24, 2.45) is 0 Å². The Morgan fingerprint density at radius 3 is 2.16 bits per heavy atom. The molecule has 0 heterocycles. The monoisotopic (exact) mass is 512 g/mol. The number of carbonyl (C=O) groups is 1. The summed E-state index contributed by atoms with van der Waals surface area (Å²) in [4.78, 5) is 12.9. The number of ether oxygens (including phenoxy) is 1. The fraction of sp³-hybridized carbons (Fsp3) is 0.136. The van der Waals surface area contributed by atoms with Gasteiger partial charge in [0.15, 0.2) is 0 Å². The number of amides is 1. The minimum Gasteiger partial charge on any atom is -0.495 e. The number of nitrogens with one attached hydrogen (secondary N) is 1. The van der Waals surface area contributed by atoms with Gasteiger partial charge in [-0.1, -0.05) is 52.5 Å². The first kappa shape index (κ1) is 24.2. The molecular weight excluding hydrogens is 495 g/mol. The van der Waals surface area contributed by atoms with Gasteiger partial charge in [0.05, 0.1) is 23.4 Å². The van der Waals surface area contributed by atoms with E-state index in [2.05, 4.69) is 5.32 Å². The second-order valence-corrected chi connectivity index (χ2v) is 10.0. The molecule has 0 aliphatic rings. The van der Waals surface area contributed by atoms with Gasteiger partial charge in [-0.2, -0.15) is 0 Å². The highest BCUT2D eigenvalue weighted by atomic mass is 35.5. The summed E-state index contributed by atoms with van der Waals surface area (Å²) < 4.78 is 33.1. The molecule has 0 saturated carbocycles. The van der Waals surface area contributed by atoms with Crippen molar-refractivity contribution in [2.75, 3.05) is 23.3 Å². The topological polar surface area (TPSA) is 75.7 Å². The molecule has 1 N–H and O–H groups in total. The Morgan fingerprint density at radius 2 is 1.56 bits per heavy atom. The van der Waals surface area contributed by atoms with Crippen molar-refractivity contribution in [3.63, 3.8) is 0 Å². The third-order valence-electron chi connectivity index (χ3n) is 4.47. The summed E-state index contributed by atoms with van der Waals surface area (Å²) >= 11 is 18.2. The highest BCUT2D eigenvalue weighted by Gasteiger charge is 2.28. The molecule has 0 aliphatic heterocycles. The molecule has 3 aromatic carbocycles. The van der Waals surface area contributed by atoms with E-state index in [1.54, 1.807) is 24.3 Å². The molecule has 0 saturated heterocycles. The van der Waals surface area contributed by atoms with E-state index in [1.165, 1.54) is 43.5 Å². The number of hydrogen-bond donors (Lipinski definition) is 1. The molecule has 6 nitrogen and oxygen atoms in total. The van der Waals surface area contributed by atoms with Gasteiger partial charge in [0.1, 0.15) is 12.3 Å². The zero-order valence-electron chi connectivity index (χ0n) is 17.1. The molecule has 0 aliphatic carbocycles. The third kappa shape index (κ3) is 5.66. The SMILES string of the molecule is COc1ccc(Cl)cc1NC(=O)CN(c1cc(Cl)cc(Cl)c1)S(=O)(=O)c1ccc(C)cc1. The fourth-order valence-electron chi connectivity index (χ4n) is 2.93. The Bertz CT molecular complexity index is 1230. The Hall–Kier alpha value is -2.45. The van der Waals surface area contributed by atoms with Gasteiger partial charge >= 0.3 is 0 Å². The van der Waals surface area contributed by atoms with E-state index in [4.69, 9.17) is 39.5 Å². The van der Waals surface area contributed by atoms with E-state index in [0.29, 0.717) is 16.5 Å². The summed E-state index contributed by atoms with van der Waals surface area (Å²) in [6, 6.07) is 15.3. The van der Waals surface area contributed by atoms with Gasteiger partial charge < -0.3 is 10.1 Å². The number of hydrogen-bond acceptors (Lipinski definition) is 4. The number of halogens is 3. The van der Waals surface area contributed by atoms with Crippen LogP contribution in [0.4, 0.5) is 11.4 Å². The summed E-state index contributed by atoms with van der Waals surface area (Å²) in [5.41, 5.74) is 1.35. The molecule has 32 heavy (non-hydrogen) atoms. The minimum atomic E-state index is -4.12. The number of methoxy groups -OCH3 is 1. The normalized spacial score (nSPS) is 11.2. The molecule has 0 spiro atoms. The first-order chi connectivity index (χ1) is 15.1. The van der Waals surface area contributed by atoms with E-state index >= 15 is 0 Å². The maximum absolute atomic E-state index is 13.4. The zero-order chi connectivity index (χ0) is 23.5. The first-order valence-electron chi connectivity index (χ1n) is 9.29. The maximum Gasteiger partial charge on any atom is 0.264 e. The first-order valence-corrected chi connectivity index (χ1v) is 11.9. The number of carbonyl (C=O) groups excluding carboxylic acids is 1. The van der Waals surface area contributed by atoms with E-state index in [-0.39, 0.29) is 20.6 Å². The molecule has 0 aromatic heterocycles. The average Bonchev–Trinajstić information content (AvgIpc) is 2.71. The minimum absolute atomic E-state index is 0.0207. The van der Waals surface area contributed by atoms with E-state index in [1.807, 2.05) is 6.92 Å². The van der Waals surface area contributed by atoms with Crippen LogP contribution in [0.3, 0.4) is 0 Å². The van der Waals surface area contributed by atoms with Gasteiger partial charge in [0.2, 0.25) is 5.91 Å². The van der Waals surface area contributed by atoms with Gasteiger partial charge in [-0.05, 0) is 55.5 Å². The standard InChI is InChI=1S/C22H19Cl3N2O4S/c1-14-3-6-19(7-4-14)32(29,30)27(18-10-16(24)9-17(25)11-18)13-22(28)26-20-12-15(23)5-8-21(20)31-2/h3-12H,13H2,1-2H3,(H,26,28). The van der Waals surface area contributed by atoms with Gasteiger partial charge in [-0.3, -0.25) is 9.10 Å². The van der Waals surface area contributed by atoms with Crippen LogP contribution in [0.2, 0.25) is 15.1 Å². The summed E-state index contributed by atoms with van der Waals surface area (Å²) in [5, 5.41) is 3.49. The van der Waals surface area contributed by atoms with Crippen LogP contribution in [0.25, 0.3) is 0 Å². The summed E-state index contributed by atoms with van der Waals surface area (Å²) in [6.07, 6.45) is 0. The van der Waals surface area contributed by atoms with Crippen molar-refractivity contribution >= 4 is 62.1 Å². The lowest BCUT2D eigenvalue weighted by atomic mass is 10.2. The second-order valence-electron chi connectivity index (χ2n) is 6.85. The lowest BCUT2D eigenvalue weighted by molar-refractivity contribution is -0.114. The van der Waals surface area contributed by atoms with Crippen LogP contribution in [0.1, 0.15) is 5.56 Å². The number of sulfonamides is 1. The quantitative estimate of drug-likeness (QED) is 0.433. The van der Waals surface area contributed by atoms with Crippen LogP contribution >= 0.6 is 34.8 Å². The smallest absolute Gasteiger partial charge is 0.264 e. The van der Waals surface area contributed by atoms with Gasteiger partial charge in [-0.15, -0.1) is 0 Å². The Kier molecular flexibility index (Phi) is 7.56. The molecule has 0 bridgehead atoms. The zero-order valence-corrected chi connectivity index (χ0v) is 20.2. The van der Waals surface area contributed by atoms with E-state index in [0.717, 1.165) is 9.87 Å². The largest absolute Gasteiger partial charge is 0.495 e. The fourth-order valence-corrected chi connectivity index (χ4v) is 5.03. The number of anilines is 2. The van der Waals surface area contributed by atoms with E-state index < -0.39 is 22.5 Å². The number of nitrogens with zero attached hydrogens (tertiary/aromatic N) is 1. The predicted octanol–water partition coefficient (Wildman–Crippen LogP) is 5.80. The second kappa shape index (κ2) is 10.0. The average molecular weight is 514 g/mol. The lowest BCUT2D eigenvalue weighted by Crippen LogP contribution is -2.38. The highest BCUT2D eigenvalue weighted by molar-refractivity contribution is 7.92. The van der Waals surface area contributed by atoms with Crippen molar-refractivity contribution in [1.29, 1.82) is 0 Å².